The molecule has 0 spiro atoms. The number of aliphatic hydroxyl groups is 1. The SMILES string of the molecule is CCC1(OC(=O)C(C)(C(C)(C)C)C(C)(C)C(C)(C)C(C)(C(=O)OC2CCOC2=O)C(C)(C)C(C)(C)C(C)(C(=O)OCCCC(O)c2cccc3ccccc23)C(C)(C)C)C2CC3CC(C2)CC1C3. The monoisotopic (exact) mass is 943 g/mol. The third-order valence-corrected chi connectivity index (χ3v) is 21.9. The third-order valence-electron chi connectivity index (χ3n) is 21.9. The highest BCUT2D eigenvalue weighted by Gasteiger charge is 2.75. The van der Waals surface area contributed by atoms with Crippen molar-refractivity contribution < 1.29 is 43.2 Å². The van der Waals surface area contributed by atoms with Gasteiger partial charge in [0.2, 0.25) is 6.10 Å². The number of rotatable bonds is 17. The molecule has 4 aliphatic carbocycles. The Bertz CT molecular complexity index is 2180. The normalized spacial score (nSPS) is 27.7. The first-order valence-electron chi connectivity index (χ1n) is 26.1. The van der Waals surface area contributed by atoms with Gasteiger partial charge in [0, 0.05) is 6.42 Å². The molecule has 4 bridgehead atoms. The minimum Gasteiger partial charge on any atom is -0.465 e. The van der Waals surface area contributed by atoms with Gasteiger partial charge in [0.15, 0.2) is 0 Å². The van der Waals surface area contributed by atoms with Gasteiger partial charge in [0.1, 0.15) is 5.60 Å². The van der Waals surface area contributed by atoms with Crippen molar-refractivity contribution in [1.29, 1.82) is 0 Å². The van der Waals surface area contributed by atoms with Crippen LogP contribution in [-0.4, -0.2) is 53.9 Å². The predicted octanol–water partition coefficient (Wildman–Crippen LogP) is 13.4. The zero-order chi connectivity index (χ0) is 51.1. The second-order valence-electron chi connectivity index (χ2n) is 26.6. The van der Waals surface area contributed by atoms with Gasteiger partial charge in [-0.1, -0.05) is 146 Å². The first-order valence-corrected chi connectivity index (χ1v) is 26.1. The van der Waals surface area contributed by atoms with Gasteiger partial charge >= 0.3 is 23.9 Å². The van der Waals surface area contributed by atoms with Crippen LogP contribution >= 0.6 is 0 Å². The van der Waals surface area contributed by atoms with E-state index in [1.165, 1.54) is 6.42 Å². The number of ether oxygens (including phenoxy) is 4. The molecule has 380 valence electrons. The molecule has 5 unspecified atom stereocenters. The summed E-state index contributed by atoms with van der Waals surface area (Å²) in [6.07, 6.45) is 5.74. The van der Waals surface area contributed by atoms with E-state index in [1.807, 2.05) is 97.9 Å². The van der Waals surface area contributed by atoms with E-state index in [0.29, 0.717) is 36.5 Å². The van der Waals surface area contributed by atoms with Crippen LogP contribution in [0.1, 0.15) is 194 Å². The van der Waals surface area contributed by atoms with Crippen LogP contribution < -0.4 is 0 Å². The molecule has 1 saturated heterocycles. The Balaban J connectivity index is 1.39. The maximum absolute atomic E-state index is 15.8. The van der Waals surface area contributed by atoms with Crippen molar-refractivity contribution in [2.75, 3.05) is 13.2 Å². The molecule has 9 nitrogen and oxygen atoms in total. The van der Waals surface area contributed by atoms with Crippen LogP contribution in [0, 0.1) is 72.4 Å². The average Bonchev–Trinajstić information content (AvgIpc) is 3.66. The number of hydrogen-bond acceptors (Lipinski definition) is 9. The lowest BCUT2D eigenvalue weighted by atomic mass is 9.33. The molecule has 5 fully saturated rings. The largest absolute Gasteiger partial charge is 0.465 e. The van der Waals surface area contributed by atoms with Gasteiger partial charge in [-0.05, 0) is 145 Å². The van der Waals surface area contributed by atoms with E-state index >= 15 is 14.4 Å². The number of carbonyl (C=O) groups excluding carboxylic acids is 4. The summed E-state index contributed by atoms with van der Waals surface area (Å²) in [5.41, 5.74) is -9.23. The van der Waals surface area contributed by atoms with Crippen molar-refractivity contribution in [3.8, 4) is 0 Å². The Labute approximate surface area is 410 Å². The van der Waals surface area contributed by atoms with E-state index in [2.05, 4.69) is 69.2 Å². The van der Waals surface area contributed by atoms with Crippen LogP contribution in [0.2, 0.25) is 0 Å². The molecule has 68 heavy (non-hydrogen) atoms. The quantitative estimate of drug-likeness (QED) is 0.0937. The molecule has 1 heterocycles. The molecule has 5 atom stereocenters. The van der Waals surface area contributed by atoms with Gasteiger partial charge in [0.25, 0.3) is 0 Å². The second kappa shape index (κ2) is 18.0. The number of fused-ring (bicyclic) bond motifs is 1. The summed E-state index contributed by atoms with van der Waals surface area (Å²) in [7, 11) is 0. The van der Waals surface area contributed by atoms with Crippen molar-refractivity contribution in [2.24, 2.45) is 72.4 Å². The number of hydrogen-bond donors (Lipinski definition) is 1. The lowest BCUT2D eigenvalue weighted by molar-refractivity contribution is -0.259. The maximum atomic E-state index is 15.8. The van der Waals surface area contributed by atoms with Gasteiger partial charge in [-0.3, -0.25) is 14.4 Å². The number of cyclic esters (lactones) is 1. The number of benzene rings is 2. The molecule has 1 N–H and O–H groups in total. The van der Waals surface area contributed by atoms with Crippen molar-refractivity contribution in [1.82, 2.24) is 0 Å². The van der Waals surface area contributed by atoms with E-state index < -0.39 is 84.5 Å². The van der Waals surface area contributed by atoms with Crippen molar-refractivity contribution >= 4 is 34.6 Å². The molecule has 4 saturated carbocycles. The maximum Gasteiger partial charge on any atom is 0.347 e. The molecule has 0 aromatic heterocycles. The van der Waals surface area contributed by atoms with E-state index in [0.717, 1.165) is 48.4 Å². The topological polar surface area (TPSA) is 125 Å². The summed E-state index contributed by atoms with van der Waals surface area (Å²) < 4.78 is 25.3. The number of aliphatic hydroxyl groups excluding tert-OH is 1. The molecule has 0 amide bonds. The van der Waals surface area contributed by atoms with Crippen LogP contribution in [-0.2, 0) is 38.1 Å². The van der Waals surface area contributed by atoms with E-state index in [4.69, 9.17) is 18.9 Å². The summed E-state index contributed by atoms with van der Waals surface area (Å²) >= 11 is 0. The fraction of sp³-hybridized carbons (Fsp3) is 0.763. The minimum atomic E-state index is -1.50. The smallest absolute Gasteiger partial charge is 0.347 e. The number of esters is 4. The lowest BCUT2D eigenvalue weighted by Crippen LogP contribution is -2.71. The standard InChI is InChI=1S/C59H90O9/c1-19-59(40-33-37-32-38(35-40)36-41(59)34-37)68-49(64)57(17,51(5,6)7)53(10,11)55(14,15)58(18,48(63)67-45-29-31-65-46(45)61)54(12,13)52(8,9)56(16,50(2,3)4)47(62)66-30-23-28-44(60)43-27-22-25-39-24-20-21-26-42(39)43/h20-22,24-27,37-38,40-41,44-45,60H,19,23,28-36H2,1-18H3. The molecule has 7 rings (SSSR count). The fourth-order valence-electron chi connectivity index (χ4n) is 15.0. The third kappa shape index (κ3) is 7.96. The molecular weight excluding hydrogens is 853 g/mol. The van der Waals surface area contributed by atoms with Gasteiger partial charge in [-0.15, -0.1) is 0 Å². The summed E-state index contributed by atoms with van der Waals surface area (Å²) in [5, 5.41) is 13.4. The average molecular weight is 943 g/mol. The van der Waals surface area contributed by atoms with Gasteiger partial charge in [0.05, 0.1) is 35.6 Å². The molecule has 2 aromatic rings. The van der Waals surface area contributed by atoms with Crippen molar-refractivity contribution in [3.05, 3.63) is 48.0 Å². The highest BCUT2D eigenvalue weighted by atomic mass is 16.6. The van der Waals surface area contributed by atoms with Gasteiger partial charge < -0.3 is 24.1 Å². The second-order valence-corrected chi connectivity index (χ2v) is 26.6. The molecule has 2 aromatic carbocycles. The zero-order valence-corrected chi connectivity index (χ0v) is 45.5. The van der Waals surface area contributed by atoms with Crippen LogP contribution in [0.5, 0.6) is 0 Å². The molecule has 5 aliphatic rings. The highest BCUT2D eigenvalue weighted by molar-refractivity contribution is 5.87. The molecular formula is C59H90O9. The zero-order valence-electron chi connectivity index (χ0n) is 45.5. The fourth-order valence-corrected chi connectivity index (χ4v) is 15.0. The predicted molar refractivity (Wildman–Crippen MR) is 269 cm³/mol. The molecule has 9 heteroatoms. The lowest BCUT2D eigenvalue weighted by Gasteiger charge is -2.69. The van der Waals surface area contributed by atoms with Crippen molar-refractivity contribution in [2.45, 2.75) is 200 Å². The van der Waals surface area contributed by atoms with Crippen LogP contribution in [0.4, 0.5) is 0 Å². The van der Waals surface area contributed by atoms with Crippen LogP contribution in [0.3, 0.4) is 0 Å². The van der Waals surface area contributed by atoms with E-state index in [-0.39, 0.29) is 25.6 Å². The Kier molecular flexibility index (Phi) is 14.3. The van der Waals surface area contributed by atoms with Crippen LogP contribution in [0.15, 0.2) is 42.5 Å². The van der Waals surface area contributed by atoms with Gasteiger partial charge in [-0.2, -0.15) is 0 Å². The van der Waals surface area contributed by atoms with Gasteiger partial charge in [-0.25, -0.2) is 4.79 Å². The van der Waals surface area contributed by atoms with E-state index in [1.54, 1.807) is 0 Å². The molecule has 1 aliphatic heterocycles. The van der Waals surface area contributed by atoms with Crippen molar-refractivity contribution in [3.63, 3.8) is 0 Å². The minimum absolute atomic E-state index is 0.0960. The van der Waals surface area contributed by atoms with Crippen LogP contribution in [0.25, 0.3) is 10.8 Å². The highest BCUT2D eigenvalue weighted by Crippen LogP contribution is 2.74. The summed E-state index contributed by atoms with van der Waals surface area (Å²) in [6.45, 7) is 37.4. The summed E-state index contributed by atoms with van der Waals surface area (Å²) in [4.78, 5) is 59.9. The Morgan fingerprint density at radius 3 is 1.63 bits per heavy atom. The Morgan fingerprint density at radius 2 is 1.15 bits per heavy atom. The number of carbonyl (C=O) groups is 4. The first kappa shape index (κ1) is 53.9. The Morgan fingerprint density at radius 1 is 0.662 bits per heavy atom. The Hall–Kier alpha value is -3.46. The summed E-state index contributed by atoms with van der Waals surface area (Å²) in [5.74, 6) is 0.287. The summed E-state index contributed by atoms with van der Waals surface area (Å²) in [6, 6.07) is 13.9. The molecule has 0 radical (unpaired) electrons. The first-order chi connectivity index (χ1) is 31.2. The van der Waals surface area contributed by atoms with E-state index in [9.17, 15) is 9.90 Å².